The van der Waals surface area contributed by atoms with Crippen molar-refractivity contribution in [1.29, 1.82) is 0 Å². The summed E-state index contributed by atoms with van der Waals surface area (Å²) in [6, 6.07) is 18.5. The van der Waals surface area contributed by atoms with Gasteiger partial charge in [-0.15, -0.1) is 11.3 Å². The first-order valence-electron chi connectivity index (χ1n) is 13.8. The minimum absolute atomic E-state index is 0.0664. The fraction of sp³-hybridized carbons (Fsp3) is 0.344. The molecule has 0 unspecified atom stereocenters. The summed E-state index contributed by atoms with van der Waals surface area (Å²) in [6.07, 6.45) is 0.692. The minimum atomic E-state index is -4.39. The Balaban J connectivity index is 0.00000189. The maximum absolute atomic E-state index is 14.1. The van der Waals surface area contributed by atoms with Crippen LogP contribution in [0.1, 0.15) is 59.8 Å². The van der Waals surface area contributed by atoms with E-state index in [1.165, 1.54) is 30.5 Å². The Kier molecular flexibility index (Phi) is 10.3. The van der Waals surface area contributed by atoms with Crippen molar-refractivity contribution in [2.75, 3.05) is 13.7 Å². The molecule has 1 aromatic heterocycles. The molecule has 1 saturated carbocycles. The highest BCUT2D eigenvalue weighted by Crippen LogP contribution is 2.38. The minimum Gasteiger partial charge on any atom is -0.494 e. The van der Waals surface area contributed by atoms with Gasteiger partial charge in [0, 0.05) is 28.2 Å². The van der Waals surface area contributed by atoms with E-state index in [0.29, 0.717) is 34.4 Å². The largest absolute Gasteiger partial charge is 0.494 e. The number of benzene rings is 3. The maximum Gasteiger partial charge on any atom is 0.416 e. The highest BCUT2D eigenvalue weighted by Gasteiger charge is 2.31. The lowest BCUT2D eigenvalue weighted by Crippen LogP contribution is -2.40. The molecule has 4 aromatic rings. The molecule has 218 valence electrons. The first-order chi connectivity index (χ1) is 19.8. The van der Waals surface area contributed by atoms with Gasteiger partial charge in [0.25, 0.3) is 5.91 Å². The van der Waals surface area contributed by atoms with E-state index in [0.717, 1.165) is 65.4 Å². The SMILES string of the molecule is CCOc1ccc(-c2ccc(C(F)(F)F)cc2)cc1CN(C(=O)c1sc2ccccc2c1Cl)C1CCCCC1.CN. The van der Waals surface area contributed by atoms with Gasteiger partial charge in [-0.1, -0.05) is 67.3 Å². The molecule has 0 atom stereocenters. The zero-order chi connectivity index (χ0) is 29.6. The van der Waals surface area contributed by atoms with Crippen LogP contribution < -0.4 is 10.5 Å². The van der Waals surface area contributed by atoms with Gasteiger partial charge in [0.2, 0.25) is 0 Å². The average Bonchev–Trinajstić information content (AvgIpc) is 3.34. The van der Waals surface area contributed by atoms with Crippen LogP contribution in [0.4, 0.5) is 13.2 Å². The molecule has 1 amide bonds. The summed E-state index contributed by atoms with van der Waals surface area (Å²) in [7, 11) is 1.50. The second-order valence-corrected chi connectivity index (χ2v) is 11.2. The number of carbonyl (C=O) groups is 1. The van der Waals surface area contributed by atoms with Gasteiger partial charge in [-0.25, -0.2) is 0 Å². The summed E-state index contributed by atoms with van der Waals surface area (Å²) in [6.45, 7) is 2.67. The van der Waals surface area contributed by atoms with Crippen LogP contribution >= 0.6 is 22.9 Å². The van der Waals surface area contributed by atoms with Crippen LogP contribution in [0.15, 0.2) is 66.7 Å². The van der Waals surface area contributed by atoms with Crippen LogP contribution in [0.5, 0.6) is 5.75 Å². The lowest BCUT2D eigenvalue weighted by atomic mass is 9.93. The molecular formula is C32H34ClF3N2O2S. The third-order valence-corrected chi connectivity index (χ3v) is 8.92. The topological polar surface area (TPSA) is 55.6 Å². The van der Waals surface area contributed by atoms with Crippen molar-refractivity contribution in [2.24, 2.45) is 5.73 Å². The van der Waals surface area contributed by atoms with Crippen LogP contribution in [-0.4, -0.2) is 30.5 Å². The number of amides is 1. The van der Waals surface area contributed by atoms with Crippen molar-refractivity contribution in [3.8, 4) is 16.9 Å². The molecule has 9 heteroatoms. The van der Waals surface area contributed by atoms with E-state index in [2.05, 4.69) is 5.73 Å². The zero-order valence-corrected chi connectivity index (χ0v) is 24.7. The Morgan fingerprint density at radius 2 is 1.66 bits per heavy atom. The number of thiophene rings is 1. The molecule has 0 aliphatic heterocycles. The molecule has 0 radical (unpaired) electrons. The van der Waals surface area contributed by atoms with Crippen LogP contribution in [0.3, 0.4) is 0 Å². The summed E-state index contributed by atoms with van der Waals surface area (Å²) in [5, 5.41) is 1.35. The van der Waals surface area contributed by atoms with Crippen LogP contribution in [0, 0.1) is 0 Å². The molecule has 1 aliphatic rings. The van der Waals surface area contributed by atoms with Gasteiger partial charge in [-0.05, 0) is 68.3 Å². The fourth-order valence-corrected chi connectivity index (χ4v) is 6.72. The van der Waals surface area contributed by atoms with Gasteiger partial charge >= 0.3 is 6.18 Å². The summed E-state index contributed by atoms with van der Waals surface area (Å²) < 4.78 is 46.2. The predicted octanol–water partition coefficient (Wildman–Crippen LogP) is 9.19. The van der Waals surface area contributed by atoms with Crippen molar-refractivity contribution < 1.29 is 22.7 Å². The molecular weight excluding hydrogens is 569 g/mol. The number of nitrogens with two attached hydrogens (primary N) is 1. The molecule has 2 N–H and O–H groups in total. The van der Waals surface area contributed by atoms with E-state index in [4.69, 9.17) is 16.3 Å². The Bertz CT molecular complexity index is 1460. The van der Waals surface area contributed by atoms with E-state index in [1.54, 1.807) is 0 Å². The van der Waals surface area contributed by atoms with E-state index in [-0.39, 0.29) is 11.9 Å². The third-order valence-electron chi connectivity index (χ3n) is 7.25. The number of halogens is 4. The normalized spacial score (nSPS) is 13.9. The van der Waals surface area contributed by atoms with E-state index in [1.807, 2.05) is 54.3 Å². The molecule has 5 rings (SSSR count). The highest BCUT2D eigenvalue weighted by molar-refractivity contribution is 7.21. The quantitative estimate of drug-likeness (QED) is 0.229. The first-order valence-corrected chi connectivity index (χ1v) is 14.9. The summed E-state index contributed by atoms with van der Waals surface area (Å²) in [5.74, 6) is 0.555. The van der Waals surface area contributed by atoms with Crippen LogP contribution in [0.25, 0.3) is 21.2 Å². The van der Waals surface area contributed by atoms with E-state index >= 15 is 0 Å². The van der Waals surface area contributed by atoms with Crippen molar-refractivity contribution in [2.45, 2.75) is 57.8 Å². The van der Waals surface area contributed by atoms with Crippen LogP contribution in [-0.2, 0) is 12.7 Å². The lowest BCUT2D eigenvalue weighted by Gasteiger charge is -2.35. The van der Waals surface area contributed by atoms with E-state index < -0.39 is 11.7 Å². The number of rotatable bonds is 7. The average molecular weight is 603 g/mol. The molecule has 4 nitrogen and oxygen atoms in total. The van der Waals surface area contributed by atoms with Crippen molar-refractivity contribution >= 4 is 38.9 Å². The molecule has 41 heavy (non-hydrogen) atoms. The van der Waals surface area contributed by atoms with Gasteiger partial charge in [0.1, 0.15) is 10.6 Å². The number of fused-ring (bicyclic) bond motifs is 1. The molecule has 3 aromatic carbocycles. The molecule has 0 spiro atoms. The molecule has 1 fully saturated rings. The number of alkyl halides is 3. The van der Waals surface area contributed by atoms with Gasteiger partial charge < -0.3 is 15.4 Å². The summed E-state index contributed by atoms with van der Waals surface area (Å²) >= 11 is 8.13. The maximum atomic E-state index is 14.1. The second-order valence-electron chi connectivity index (χ2n) is 9.80. The highest BCUT2D eigenvalue weighted by atomic mass is 35.5. The standard InChI is InChI=1S/C31H29ClF3NO2S.CH5N/c1-2-38-26-17-14-21(20-12-15-23(16-13-20)31(33,34)35)18-22(26)19-36(24-8-4-3-5-9-24)30(37)29-28(32)25-10-6-7-11-27(25)39-29;1-2/h6-7,10-18,24H,2-5,8-9,19H2,1H3;2H2,1H3. The Hall–Kier alpha value is -3.07. The van der Waals surface area contributed by atoms with Crippen molar-refractivity contribution in [3.05, 3.63) is 87.8 Å². The van der Waals surface area contributed by atoms with Crippen LogP contribution in [0.2, 0.25) is 5.02 Å². The Labute approximate surface area is 247 Å². The third kappa shape index (κ3) is 7.05. The molecule has 1 heterocycles. The van der Waals surface area contributed by atoms with Gasteiger partial charge in [-0.3, -0.25) is 4.79 Å². The number of hydrogen-bond acceptors (Lipinski definition) is 4. The smallest absolute Gasteiger partial charge is 0.416 e. The number of carbonyl (C=O) groups excluding carboxylic acids is 1. The van der Waals surface area contributed by atoms with Crippen molar-refractivity contribution in [3.63, 3.8) is 0 Å². The Morgan fingerprint density at radius 3 is 2.29 bits per heavy atom. The summed E-state index contributed by atoms with van der Waals surface area (Å²) in [5.41, 5.74) is 6.05. The van der Waals surface area contributed by atoms with Gasteiger partial charge in [-0.2, -0.15) is 13.2 Å². The predicted molar refractivity (Wildman–Crippen MR) is 162 cm³/mol. The lowest BCUT2D eigenvalue weighted by molar-refractivity contribution is -0.137. The second kappa shape index (κ2) is 13.7. The molecule has 1 aliphatic carbocycles. The van der Waals surface area contributed by atoms with Gasteiger partial charge in [0.15, 0.2) is 0 Å². The zero-order valence-electron chi connectivity index (χ0n) is 23.1. The molecule has 0 saturated heterocycles. The monoisotopic (exact) mass is 602 g/mol. The number of hydrogen-bond donors (Lipinski definition) is 1. The fourth-order valence-electron chi connectivity index (χ4n) is 5.26. The number of ether oxygens (including phenoxy) is 1. The number of nitrogens with zero attached hydrogens (tertiary/aromatic N) is 1. The van der Waals surface area contributed by atoms with Crippen molar-refractivity contribution in [1.82, 2.24) is 4.90 Å². The van der Waals surface area contributed by atoms with Gasteiger partial charge in [0.05, 0.1) is 17.2 Å². The molecule has 0 bridgehead atoms. The summed E-state index contributed by atoms with van der Waals surface area (Å²) in [4.78, 5) is 16.5. The van der Waals surface area contributed by atoms with E-state index in [9.17, 15) is 18.0 Å². The first kappa shape index (κ1) is 30.9. The Morgan fingerprint density at radius 1 is 1.00 bits per heavy atom.